The van der Waals surface area contributed by atoms with Crippen LogP contribution in [0.3, 0.4) is 0 Å². The minimum atomic E-state index is -4.11. The monoisotopic (exact) mass is 551 g/mol. The molecule has 0 aliphatic heterocycles. The number of rotatable bonds is 14. The molecule has 0 fully saturated rings. The Morgan fingerprint density at radius 3 is 2.26 bits per heavy atom. The number of benzene rings is 3. The van der Waals surface area contributed by atoms with E-state index in [1.165, 1.54) is 24.1 Å². The van der Waals surface area contributed by atoms with Crippen molar-refractivity contribution >= 4 is 27.5 Å². The quantitative estimate of drug-likeness (QED) is 0.302. The molecule has 208 valence electrons. The molecule has 0 spiro atoms. The summed E-state index contributed by atoms with van der Waals surface area (Å²) in [6, 6.07) is 23.4. The molecule has 0 aliphatic rings. The lowest BCUT2D eigenvalue weighted by atomic mass is 10.1. The lowest BCUT2D eigenvalue weighted by molar-refractivity contribution is -0.138. The van der Waals surface area contributed by atoms with E-state index in [-0.39, 0.29) is 23.0 Å². The molecule has 9 heteroatoms. The number of nitrogens with zero attached hydrogens (tertiary/aromatic N) is 2. The third kappa shape index (κ3) is 8.07. The van der Waals surface area contributed by atoms with Crippen molar-refractivity contribution in [1.29, 1.82) is 0 Å². The number of nitrogens with one attached hydrogen (secondary N) is 1. The number of hydrogen-bond acceptors (Lipinski definition) is 5. The van der Waals surface area contributed by atoms with Crippen LogP contribution in [-0.2, 0) is 26.0 Å². The number of carbonyl (C=O) groups excluding carboxylic acids is 2. The zero-order chi connectivity index (χ0) is 28.3. The molecule has 0 aromatic heterocycles. The van der Waals surface area contributed by atoms with Crippen LogP contribution in [0.15, 0.2) is 89.8 Å². The van der Waals surface area contributed by atoms with E-state index in [1.54, 1.807) is 49.4 Å². The van der Waals surface area contributed by atoms with E-state index in [1.807, 2.05) is 37.3 Å². The zero-order valence-electron chi connectivity index (χ0n) is 22.7. The van der Waals surface area contributed by atoms with Crippen molar-refractivity contribution in [1.82, 2.24) is 10.2 Å². The van der Waals surface area contributed by atoms with Gasteiger partial charge in [0, 0.05) is 19.2 Å². The van der Waals surface area contributed by atoms with Crippen LogP contribution in [0.1, 0.15) is 32.3 Å². The molecule has 3 aromatic carbocycles. The van der Waals surface area contributed by atoms with Crippen LogP contribution in [0.5, 0.6) is 5.75 Å². The number of methoxy groups -OCH3 is 1. The summed E-state index contributed by atoms with van der Waals surface area (Å²) in [5, 5.41) is 2.89. The summed E-state index contributed by atoms with van der Waals surface area (Å²) in [4.78, 5) is 28.4. The summed E-state index contributed by atoms with van der Waals surface area (Å²) in [5.74, 6) is -0.298. The fourth-order valence-corrected chi connectivity index (χ4v) is 5.55. The molecule has 3 aromatic rings. The lowest BCUT2D eigenvalue weighted by Gasteiger charge is -2.32. The largest absolute Gasteiger partial charge is 0.497 e. The molecule has 0 aliphatic carbocycles. The fraction of sp³-hybridized carbons (Fsp3) is 0.333. The highest BCUT2D eigenvalue weighted by Gasteiger charge is 2.32. The van der Waals surface area contributed by atoms with Gasteiger partial charge >= 0.3 is 0 Å². The van der Waals surface area contributed by atoms with Crippen molar-refractivity contribution in [2.24, 2.45) is 0 Å². The molecule has 0 heterocycles. The summed E-state index contributed by atoms with van der Waals surface area (Å²) in [7, 11) is -2.62. The molecular formula is C30H37N3O5S. The minimum absolute atomic E-state index is 0.0572. The van der Waals surface area contributed by atoms with Crippen LogP contribution >= 0.6 is 0 Å². The fourth-order valence-electron chi connectivity index (χ4n) is 4.12. The van der Waals surface area contributed by atoms with E-state index in [9.17, 15) is 18.0 Å². The van der Waals surface area contributed by atoms with Crippen molar-refractivity contribution in [3.05, 3.63) is 90.5 Å². The van der Waals surface area contributed by atoms with Crippen molar-refractivity contribution in [3.8, 4) is 5.75 Å². The molecule has 8 nitrogen and oxygen atoms in total. The van der Waals surface area contributed by atoms with Gasteiger partial charge in [0.2, 0.25) is 11.8 Å². The molecule has 39 heavy (non-hydrogen) atoms. The first-order chi connectivity index (χ1) is 18.8. The van der Waals surface area contributed by atoms with E-state index >= 15 is 0 Å². The molecule has 0 saturated heterocycles. The van der Waals surface area contributed by atoms with Gasteiger partial charge in [-0.05, 0) is 49.6 Å². The molecule has 1 N–H and O–H groups in total. The van der Waals surface area contributed by atoms with Gasteiger partial charge < -0.3 is 15.0 Å². The second-order valence-electron chi connectivity index (χ2n) is 9.17. The van der Waals surface area contributed by atoms with Gasteiger partial charge in [-0.25, -0.2) is 8.42 Å². The standard InChI is InChI=1S/C30H37N3O5S/c1-4-5-20-31-30(35)24(2)32(21-19-25-13-8-6-9-14-25)29(34)23-33(26-15-12-16-27(22-26)38-3)39(36,37)28-17-10-7-11-18-28/h6-18,22,24H,4-5,19-21,23H2,1-3H3,(H,31,35)/t24-/m0/s1. The maximum atomic E-state index is 13.9. The lowest BCUT2D eigenvalue weighted by Crippen LogP contribution is -2.52. The van der Waals surface area contributed by atoms with Crippen LogP contribution < -0.4 is 14.4 Å². The Labute approximate surface area is 231 Å². The van der Waals surface area contributed by atoms with Gasteiger partial charge in [-0.1, -0.05) is 67.9 Å². The number of unbranched alkanes of at least 4 members (excludes halogenated alkanes) is 1. The van der Waals surface area contributed by atoms with Gasteiger partial charge in [-0.3, -0.25) is 13.9 Å². The molecule has 1 atom stereocenters. The highest BCUT2D eigenvalue weighted by Crippen LogP contribution is 2.27. The summed E-state index contributed by atoms with van der Waals surface area (Å²) >= 11 is 0. The SMILES string of the molecule is CCCCNC(=O)[C@H](C)N(CCc1ccccc1)C(=O)CN(c1cccc(OC)c1)S(=O)(=O)c1ccccc1. The number of anilines is 1. The third-order valence-corrected chi connectivity index (χ3v) is 8.22. The summed E-state index contributed by atoms with van der Waals surface area (Å²) in [5.41, 5.74) is 1.30. The highest BCUT2D eigenvalue weighted by molar-refractivity contribution is 7.92. The summed E-state index contributed by atoms with van der Waals surface area (Å²) < 4.78 is 34.0. The smallest absolute Gasteiger partial charge is 0.264 e. The Balaban J connectivity index is 1.95. The van der Waals surface area contributed by atoms with E-state index in [0.29, 0.717) is 18.7 Å². The number of amides is 2. The Morgan fingerprint density at radius 2 is 1.62 bits per heavy atom. The average Bonchev–Trinajstić information content (AvgIpc) is 2.96. The molecule has 0 saturated carbocycles. The molecule has 0 bridgehead atoms. The summed E-state index contributed by atoms with van der Waals surface area (Å²) in [6.45, 7) is 3.99. The van der Waals surface area contributed by atoms with Crippen LogP contribution in [0.4, 0.5) is 5.69 Å². The van der Waals surface area contributed by atoms with E-state index in [4.69, 9.17) is 4.74 Å². The van der Waals surface area contributed by atoms with Crippen molar-refractivity contribution < 1.29 is 22.7 Å². The van der Waals surface area contributed by atoms with Crippen LogP contribution in [0.25, 0.3) is 0 Å². The van der Waals surface area contributed by atoms with Gasteiger partial charge in [0.15, 0.2) is 0 Å². The van der Waals surface area contributed by atoms with E-state index in [2.05, 4.69) is 5.32 Å². The van der Waals surface area contributed by atoms with Gasteiger partial charge in [0.05, 0.1) is 17.7 Å². The van der Waals surface area contributed by atoms with Crippen LogP contribution in [0.2, 0.25) is 0 Å². The van der Waals surface area contributed by atoms with Crippen LogP contribution in [-0.4, -0.2) is 57.9 Å². The zero-order valence-corrected chi connectivity index (χ0v) is 23.6. The first kappa shape index (κ1) is 29.7. The summed E-state index contributed by atoms with van der Waals surface area (Å²) in [6.07, 6.45) is 2.28. The van der Waals surface area contributed by atoms with Crippen molar-refractivity contribution in [2.75, 3.05) is 31.0 Å². The van der Waals surface area contributed by atoms with E-state index in [0.717, 1.165) is 22.7 Å². The Morgan fingerprint density at radius 1 is 0.949 bits per heavy atom. The Bertz CT molecular complexity index is 1320. The second kappa shape index (κ2) is 14.3. The van der Waals surface area contributed by atoms with Gasteiger partial charge in [-0.15, -0.1) is 0 Å². The third-order valence-electron chi connectivity index (χ3n) is 6.43. The first-order valence-corrected chi connectivity index (χ1v) is 14.5. The normalized spacial score (nSPS) is 11.9. The molecular weight excluding hydrogens is 514 g/mol. The second-order valence-corrected chi connectivity index (χ2v) is 11.0. The van der Waals surface area contributed by atoms with Crippen molar-refractivity contribution in [3.63, 3.8) is 0 Å². The number of sulfonamides is 1. The molecule has 2 amide bonds. The predicted octanol–water partition coefficient (Wildman–Crippen LogP) is 4.27. The first-order valence-electron chi connectivity index (χ1n) is 13.1. The van der Waals surface area contributed by atoms with Crippen LogP contribution in [0, 0.1) is 0 Å². The van der Waals surface area contributed by atoms with Gasteiger partial charge in [-0.2, -0.15) is 0 Å². The number of ether oxygens (including phenoxy) is 1. The minimum Gasteiger partial charge on any atom is -0.497 e. The van der Waals surface area contributed by atoms with Gasteiger partial charge in [0.1, 0.15) is 18.3 Å². The maximum absolute atomic E-state index is 13.9. The Kier molecular flexibility index (Phi) is 10.9. The Hall–Kier alpha value is -3.85. The molecule has 3 rings (SSSR count). The average molecular weight is 552 g/mol. The molecule has 0 unspecified atom stereocenters. The maximum Gasteiger partial charge on any atom is 0.264 e. The van der Waals surface area contributed by atoms with Gasteiger partial charge in [0.25, 0.3) is 10.0 Å². The van der Waals surface area contributed by atoms with E-state index < -0.39 is 28.5 Å². The number of carbonyl (C=O) groups is 2. The molecule has 0 radical (unpaired) electrons. The topological polar surface area (TPSA) is 96.0 Å². The highest BCUT2D eigenvalue weighted by atomic mass is 32.2. The van der Waals surface area contributed by atoms with Crippen molar-refractivity contribution in [2.45, 2.75) is 44.0 Å². The predicted molar refractivity (Wildman–Crippen MR) is 153 cm³/mol. The number of hydrogen-bond donors (Lipinski definition) is 1.